The number of carbonyl (C=O) groups is 1. The number of alkyl halides is 3. The summed E-state index contributed by atoms with van der Waals surface area (Å²) in [6, 6.07) is 11.7. The molecule has 1 aromatic heterocycles. The van der Waals surface area contributed by atoms with Crippen LogP contribution in [-0.2, 0) is 18.1 Å². The van der Waals surface area contributed by atoms with Crippen molar-refractivity contribution < 1.29 is 27.2 Å². The van der Waals surface area contributed by atoms with Crippen LogP contribution in [-0.4, -0.2) is 21.4 Å². The molecule has 1 aliphatic rings. The molecule has 1 aliphatic heterocycles. The SMILES string of the molecule is Cn1nc(C2=NOC(c3ccc(F)cc3)C2)cc1C(=O)Nc1cccc(C(F)(F)F)c1. The highest BCUT2D eigenvalue weighted by molar-refractivity contribution is 6.06. The molecule has 0 aliphatic carbocycles. The van der Waals surface area contributed by atoms with Gasteiger partial charge in [0.25, 0.3) is 5.91 Å². The lowest BCUT2D eigenvalue weighted by Gasteiger charge is -2.09. The van der Waals surface area contributed by atoms with Crippen molar-refractivity contribution in [3.8, 4) is 0 Å². The second-order valence-corrected chi connectivity index (χ2v) is 6.96. The topological polar surface area (TPSA) is 68.5 Å². The smallest absolute Gasteiger partial charge is 0.387 e. The Balaban J connectivity index is 1.48. The molecule has 1 atom stereocenters. The van der Waals surface area contributed by atoms with Crippen molar-refractivity contribution in [1.29, 1.82) is 0 Å². The number of hydrogen-bond acceptors (Lipinski definition) is 4. The highest BCUT2D eigenvalue weighted by atomic mass is 19.4. The van der Waals surface area contributed by atoms with Gasteiger partial charge in [-0.25, -0.2) is 4.39 Å². The number of aromatic nitrogens is 2. The molecule has 0 radical (unpaired) electrons. The predicted octanol–water partition coefficient (Wildman–Crippen LogP) is 4.70. The second-order valence-electron chi connectivity index (χ2n) is 6.96. The summed E-state index contributed by atoms with van der Waals surface area (Å²) in [7, 11) is 1.54. The number of hydrogen-bond donors (Lipinski definition) is 1. The first-order valence-electron chi connectivity index (χ1n) is 9.22. The van der Waals surface area contributed by atoms with E-state index < -0.39 is 23.8 Å². The molecule has 2 heterocycles. The summed E-state index contributed by atoms with van der Waals surface area (Å²) < 4.78 is 53.0. The van der Waals surface area contributed by atoms with Crippen LogP contribution in [0.4, 0.5) is 23.2 Å². The minimum Gasteiger partial charge on any atom is -0.387 e. The second kappa shape index (κ2) is 7.86. The van der Waals surface area contributed by atoms with Crippen LogP contribution < -0.4 is 5.32 Å². The third-order valence-electron chi connectivity index (χ3n) is 4.77. The van der Waals surface area contributed by atoms with E-state index >= 15 is 0 Å². The lowest BCUT2D eigenvalue weighted by molar-refractivity contribution is -0.137. The van der Waals surface area contributed by atoms with Crippen molar-refractivity contribution in [3.05, 3.63) is 82.9 Å². The zero-order chi connectivity index (χ0) is 22.2. The van der Waals surface area contributed by atoms with E-state index in [1.807, 2.05) is 0 Å². The first-order chi connectivity index (χ1) is 14.7. The molecule has 2 aromatic carbocycles. The number of nitrogens with one attached hydrogen (secondary N) is 1. The van der Waals surface area contributed by atoms with Gasteiger partial charge in [-0.15, -0.1) is 0 Å². The third kappa shape index (κ3) is 4.42. The summed E-state index contributed by atoms with van der Waals surface area (Å²) in [6.45, 7) is 0. The summed E-state index contributed by atoms with van der Waals surface area (Å²) in [6.07, 6.45) is -4.54. The molecule has 0 saturated heterocycles. The maximum Gasteiger partial charge on any atom is 0.416 e. The van der Waals surface area contributed by atoms with E-state index in [9.17, 15) is 22.4 Å². The zero-order valence-electron chi connectivity index (χ0n) is 16.2. The van der Waals surface area contributed by atoms with Gasteiger partial charge in [-0.3, -0.25) is 9.48 Å². The van der Waals surface area contributed by atoms with Crippen LogP contribution in [0.2, 0.25) is 0 Å². The fourth-order valence-electron chi connectivity index (χ4n) is 3.17. The third-order valence-corrected chi connectivity index (χ3v) is 4.77. The van der Waals surface area contributed by atoms with Crippen molar-refractivity contribution in [1.82, 2.24) is 9.78 Å². The standard InChI is InChI=1S/C21H16F4N4O2/c1-29-18(20(30)26-15-4-2-3-13(9-15)21(23,24)25)10-16(27-29)17-11-19(31-28-17)12-5-7-14(22)8-6-12/h2-10,19H,11H2,1H3,(H,26,30). The van der Waals surface area contributed by atoms with E-state index in [4.69, 9.17) is 4.84 Å². The number of aryl methyl sites for hydroxylation is 1. The summed E-state index contributed by atoms with van der Waals surface area (Å²) >= 11 is 0. The lowest BCUT2D eigenvalue weighted by Crippen LogP contribution is -2.16. The molecule has 160 valence electrons. The van der Waals surface area contributed by atoms with Gasteiger partial charge >= 0.3 is 6.18 Å². The summed E-state index contributed by atoms with van der Waals surface area (Å²) in [5, 5.41) is 10.7. The van der Waals surface area contributed by atoms with Gasteiger partial charge < -0.3 is 10.2 Å². The van der Waals surface area contributed by atoms with Crippen LogP contribution >= 0.6 is 0 Å². The Labute approximate surface area is 174 Å². The van der Waals surface area contributed by atoms with E-state index in [0.29, 0.717) is 17.8 Å². The van der Waals surface area contributed by atoms with Gasteiger partial charge in [0.05, 0.1) is 5.56 Å². The maximum atomic E-state index is 13.1. The van der Waals surface area contributed by atoms with Crippen LogP contribution in [0.3, 0.4) is 0 Å². The van der Waals surface area contributed by atoms with Gasteiger partial charge in [0.15, 0.2) is 6.10 Å². The number of rotatable bonds is 4. The van der Waals surface area contributed by atoms with E-state index in [1.165, 1.54) is 35.0 Å². The first kappa shape index (κ1) is 20.6. The Hall–Kier alpha value is -3.69. The van der Waals surface area contributed by atoms with Gasteiger partial charge in [-0.1, -0.05) is 23.4 Å². The fraction of sp³-hybridized carbons (Fsp3) is 0.190. The number of nitrogens with zero attached hydrogens (tertiary/aromatic N) is 3. The normalized spacial score (nSPS) is 16.0. The molecule has 31 heavy (non-hydrogen) atoms. The quantitative estimate of drug-likeness (QED) is 0.608. The molecular formula is C21H16F4N4O2. The molecular weight excluding hydrogens is 416 g/mol. The first-order valence-corrected chi connectivity index (χ1v) is 9.22. The van der Waals surface area contributed by atoms with E-state index in [-0.39, 0.29) is 17.2 Å². The number of anilines is 1. The van der Waals surface area contributed by atoms with Gasteiger partial charge in [-0.2, -0.15) is 18.3 Å². The monoisotopic (exact) mass is 432 g/mol. The Kier molecular flexibility index (Phi) is 5.22. The van der Waals surface area contributed by atoms with Gasteiger partial charge in [0.1, 0.15) is 22.9 Å². The number of oxime groups is 1. The number of benzene rings is 2. The summed E-state index contributed by atoms with van der Waals surface area (Å²) in [4.78, 5) is 18.0. The Morgan fingerprint density at radius 2 is 1.90 bits per heavy atom. The van der Waals surface area contributed by atoms with Crippen LogP contribution in [0.1, 0.15) is 39.8 Å². The largest absolute Gasteiger partial charge is 0.416 e. The van der Waals surface area contributed by atoms with Crippen LogP contribution in [0.5, 0.6) is 0 Å². The molecule has 1 unspecified atom stereocenters. The Morgan fingerprint density at radius 3 is 2.61 bits per heavy atom. The molecule has 0 bridgehead atoms. The zero-order valence-corrected chi connectivity index (χ0v) is 16.2. The van der Waals surface area contributed by atoms with Crippen LogP contribution in [0.25, 0.3) is 0 Å². The lowest BCUT2D eigenvalue weighted by atomic mass is 10.0. The number of amides is 1. The highest BCUT2D eigenvalue weighted by Gasteiger charge is 2.31. The molecule has 0 fully saturated rings. The van der Waals surface area contributed by atoms with Gasteiger partial charge in [0.2, 0.25) is 0 Å². The minimum atomic E-state index is -4.51. The summed E-state index contributed by atoms with van der Waals surface area (Å²) in [5.74, 6) is -0.973. The van der Waals surface area contributed by atoms with Crippen LogP contribution in [0.15, 0.2) is 59.8 Å². The van der Waals surface area contributed by atoms with Crippen molar-refractivity contribution in [3.63, 3.8) is 0 Å². The van der Waals surface area contributed by atoms with Crippen molar-refractivity contribution in [2.24, 2.45) is 12.2 Å². The van der Waals surface area contributed by atoms with Crippen molar-refractivity contribution in [2.45, 2.75) is 18.7 Å². The van der Waals surface area contributed by atoms with Crippen molar-refractivity contribution >= 4 is 17.3 Å². The van der Waals surface area contributed by atoms with E-state index in [2.05, 4.69) is 15.6 Å². The van der Waals surface area contributed by atoms with Crippen molar-refractivity contribution in [2.75, 3.05) is 5.32 Å². The van der Waals surface area contributed by atoms with Gasteiger partial charge in [-0.05, 0) is 42.0 Å². The molecule has 10 heteroatoms. The molecule has 3 aromatic rings. The number of halogens is 4. The molecule has 0 spiro atoms. The van der Waals surface area contributed by atoms with E-state index in [0.717, 1.165) is 17.7 Å². The number of carbonyl (C=O) groups excluding carboxylic acids is 1. The maximum absolute atomic E-state index is 13.1. The molecule has 1 N–H and O–H groups in total. The average Bonchev–Trinajstić information content (AvgIpc) is 3.35. The molecule has 0 saturated carbocycles. The molecule has 4 rings (SSSR count). The van der Waals surface area contributed by atoms with E-state index in [1.54, 1.807) is 19.2 Å². The molecule has 1 amide bonds. The molecule has 6 nitrogen and oxygen atoms in total. The highest BCUT2D eigenvalue weighted by Crippen LogP contribution is 2.31. The fourth-order valence-corrected chi connectivity index (χ4v) is 3.17. The minimum absolute atomic E-state index is 0.0143. The Morgan fingerprint density at radius 1 is 1.16 bits per heavy atom. The van der Waals surface area contributed by atoms with Crippen LogP contribution in [0, 0.1) is 5.82 Å². The van der Waals surface area contributed by atoms with Gasteiger partial charge in [0, 0.05) is 19.2 Å². The summed E-state index contributed by atoms with van der Waals surface area (Å²) in [5.41, 5.74) is 0.948. The average molecular weight is 432 g/mol. The Bertz CT molecular complexity index is 1150. The predicted molar refractivity (Wildman–Crippen MR) is 104 cm³/mol.